The van der Waals surface area contributed by atoms with E-state index < -0.39 is 0 Å². The SMILES string of the molecule is CCCNC1c2ccccc2OCC1n1ccnc1. The number of imidazole rings is 1. The molecular formula is C15H19N3O. The van der Waals surface area contributed by atoms with Crippen molar-refractivity contribution in [1.29, 1.82) is 0 Å². The highest BCUT2D eigenvalue weighted by molar-refractivity contribution is 5.38. The predicted octanol–water partition coefficient (Wildman–Crippen LogP) is 2.56. The molecule has 0 spiro atoms. The van der Waals surface area contributed by atoms with E-state index in [1.54, 1.807) is 0 Å². The van der Waals surface area contributed by atoms with E-state index >= 15 is 0 Å². The van der Waals surface area contributed by atoms with Gasteiger partial charge in [-0.3, -0.25) is 0 Å². The molecule has 0 bridgehead atoms. The molecule has 0 saturated heterocycles. The third-order valence-corrected chi connectivity index (χ3v) is 3.57. The fourth-order valence-corrected chi connectivity index (χ4v) is 2.62. The molecule has 1 aliphatic rings. The number of benzene rings is 1. The predicted molar refractivity (Wildman–Crippen MR) is 74.2 cm³/mol. The lowest BCUT2D eigenvalue weighted by molar-refractivity contribution is 0.179. The van der Waals surface area contributed by atoms with Crippen molar-refractivity contribution in [3.63, 3.8) is 0 Å². The van der Waals surface area contributed by atoms with E-state index in [1.165, 1.54) is 5.56 Å². The first-order valence-electron chi connectivity index (χ1n) is 6.82. The summed E-state index contributed by atoms with van der Waals surface area (Å²) >= 11 is 0. The van der Waals surface area contributed by atoms with Gasteiger partial charge in [-0.2, -0.15) is 0 Å². The zero-order valence-corrected chi connectivity index (χ0v) is 11.1. The fraction of sp³-hybridized carbons (Fsp3) is 0.400. The van der Waals surface area contributed by atoms with Crippen LogP contribution in [0, 0.1) is 0 Å². The van der Waals surface area contributed by atoms with Crippen LogP contribution in [0.2, 0.25) is 0 Å². The largest absolute Gasteiger partial charge is 0.491 e. The highest BCUT2D eigenvalue weighted by atomic mass is 16.5. The first-order chi connectivity index (χ1) is 9.40. The van der Waals surface area contributed by atoms with Crippen molar-refractivity contribution in [1.82, 2.24) is 14.9 Å². The summed E-state index contributed by atoms with van der Waals surface area (Å²) in [5.74, 6) is 0.993. The lowest BCUT2D eigenvalue weighted by Crippen LogP contribution is -2.37. The lowest BCUT2D eigenvalue weighted by Gasteiger charge is -2.35. The molecule has 100 valence electrons. The molecule has 2 atom stereocenters. The van der Waals surface area contributed by atoms with E-state index in [-0.39, 0.29) is 12.1 Å². The average Bonchev–Trinajstić information content (AvgIpc) is 2.98. The van der Waals surface area contributed by atoms with Crippen molar-refractivity contribution >= 4 is 0 Å². The topological polar surface area (TPSA) is 39.1 Å². The Balaban J connectivity index is 1.93. The van der Waals surface area contributed by atoms with Gasteiger partial charge in [0.15, 0.2) is 0 Å². The van der Waals surface area contributed by atoms with Crippen LogP contribution in [0.5, 0.6) is 5.75 Å². The zero-order chi connectivity index (χ0) is 13.1. The maximum absolute atomic E-state index is 5.88. The Bertz CT molecular complexity index is 524. The first kappa shape index (κ1) is 12.2. The minimum absolute atomic E-state index is 0.254. The highest BCUT2D eigenvalue weighted by Gasteiger charge is 2.31. The number of nitrogens with one attached hydrogen (secondary N) is 1. The van der Waals surface area contributed by atoms with Crippen LogP contribution in [-0.4, -0.2) is 22.7 Å². The average molecular weight is 257 g/mol. The second-order valence-electron chi connectivity index (χ2n) is 4.86. The van der Waals surface area contributed by atoms with Crippen LogP contribution < -0.4 is 10.1 Å². The Hall–Kier alpha value is -1.81. The fourth-order valence-electron chi connectivity index (χ4n) is 2.62. The first-order valence-corrected chi connectivity index (χ1v) is 6.82. The van der Waals surface area contributed by atoms with Gasteiger partial charge in [0, 0.05) is 18.0 Å². The van der Waals surface area contributed by atoms with Gasteiger partial charge >= 0.3 is 0 Å². The van der Waals surface area contributed by atoms with Crippen LogP contribution in [0.3, 0.4) is 0 Å². The summed E-state index contributed by atoms with van der Waals surface area (Å²) in [4.78, 5) is 4.15. The molecule has 4 heteroatoms. The molecule has 0 fully saturated rings. The molecule has 2 aromatic rings. The number of para-hydroxylation sites is 1. The number of aromatic nitrogens is 2. The van der Waals surface area contributed by atoms with E-state index in [2.05, 4.69) is 33.9 Å². The molecule has 1 N–H and O–H groups in total. The molecule has 0 aliphatic carbocycles. The Labute approximate surface area is 113 Å². The number of hydrogen-bond acceptors (Lipinski definition) is 3. The normalized spacial score (nSPS) is 21.7. The van der Waals surface area contributed by atoms with Gasteiger partial charge in [0.2, 0.25) is 0 Å². The smallest absolute Gasteiger partial charge is 0.124 e. The van der Waals surface area contributed by atoms with Crippen LogP contribution >= 0.6 is 0 Å². The van der Waals surface area contributed by atoms with Crippen molar-refractivity contribution in [3.05, 3.63) is 48.5 Å². The third-order valence-electron chi connectivity index (χ3n) is 3.57. The van der Waals surface area contributed by atoms with Crippen LogP contribution in [0.15, 0.2) is 43.0 Å². The van der Waals surface area contributed by atoms with Gasteiger partial charge < -0.3 is 14.6 Å². The van der Waals surface area contributed by atoms with Crippen LogP contribution in [0.4, 0.5) is 0 Å². The van der Waals surface area contributed by atoms with E-state index in [9.17, 15) is 0 Å². The number of fused-ring (bicyclic) bond motifs is 1. The van der Waals surface area contributed by atoms with E-state index in [0.717, 1.165) is 18.7 Å². The summed E-state index contributed by atoms with van der Waals surface area (Å²) in [7, 11) is 0. The minimum Gasteiger partial charge on any atom is -0.491 e. The van der Waals surface area contributed by atoms with E-state index in [1.807, 2.05) is 30.9 Å². The van der Waals surface area contributed by atoms with Gasteiger partial charge in [0.25, 0.3) is 0 Å². The van der Waals surface area contributed by atoms with Gasteiger partial charge in [0.1, 0.15) is 12.4 Å². The Morgan fingerprint density at radius 3 is 3.11 bits per heavy atom. The Morgan fingerprint density at radius 2 is 2.32 bits per heavy atom. The summed E-state index contributed by atoms with van der Waals surface area (Å²) in [5.41, 5.74) is 1.24. The van der Waals surface area contributed by atoms with Crippen molar-refractivity contribution < 1.29 is 4.74 Å². The van der Waals surface area contributed by atoms with Crippen molar-refractivity contribution in [2.24, 2.45) is 0 Å². The number of hydrogen-bond donors (Lipinski definition) is 1. The third kappa shape index (κ3) is 2.36. The summed E-state index contributed by atoms with van der Waals surface area (Å²) < 4.78 is 8.01. The zero-order valence-electron chi connectivity index (χ0n) is 11.1. The summed E-state index contributed by atoms with van der Waals surface area (Å²) in [6, 6.07) is 8.81. The van der Waals surface area contributed by atoms with Crippen LogP contribution in [0.25, 0.3) is 0 Å². The summed E-state index contributed by atoms with van der Waals surface area (Å²) in [5, 5.41) is 3.64. The molecule has 4 nitrogen and oxygen atoms in total. The molecule has 19 heavy (non-hydrogen) atoms. The minimum atomic E-state index is 0.254. The molecule has 0 radical (unpaired) electrons. The summed E-state index contributed by atoms with van der Waals surface area (Å²) in [6.45, 7) is 3.86. The van der Waals surface area contributed by atoms with Gasteiger partial charge in [-0.25, -0.2) is 4.98 Å². The van der Waals surface area contributed by atoms with Gasteiger partial charge in [-0.05, 0) is 19.0 Å². The quantitative estimate of drug-likeness (QED) is 0.915. The molecule has 1 aromatic heterocycles. The van der Waals surface area contributed by atoms with Crippen LogP contribution in [-0.2, 0) is 0 Å². The Kier molecular flexibility index (Phi) is 3.51. The molecule has 1 aliphatic heterocycles. The number of ether oxygens (including phenoxy) is 1. The van der Waals surface area contributed by atoms with Crippen molar-refractivity contribution in [2.75, 3.05) is 13.2 Å². The van der Waals surface area contributed by atoms with Gasteiger partial charge in [-0.1, -0.05) is 25.1 Å². The molecule has 3 rings (SSSR count). The number of nitrogens with zero attached hydrogens (tertiary/aromatic N) is 2. The van der Waals surface area contributed by atoms with Crippen LogP contribution in [0.1, 0.15) is 31.0 Å². The molecule has 0 saturated carbocycles. The van der Waals surface area contributed by atoms with Crippen molar-refractivity contribution in [3.8, 4) is 5.75 Å². The Morgan fingerprint density at radius 1 is 1.42 bits per heavy atom. The van der Waals surface area contributed by atoms with Gasteiger partial charge in [-0.15, -0.1) is 0 Å². The second kappa shape index (κ2) is 5.45. The summed E-state index contributed by atoms with van der Waals surface area (Å²) in [6.07, 6.45) is 6.80. The lowest BCUT2D eigenvalue weighted by atomic mass is 9.96. The molecule has 2 heterocycles. The second-order valence-corrected chi connectivity index (χ2v) is 4.86. The maximum Gasteiger partial charge on any atom is 0.124 e. The highest BCUT2D eigenvalue weighted by Crippen LogP contribution is 2.37. The number of rotatable bonds is 4. The monoisotopic (exact) mass is 257 g/mol. The van der Waals surface area contributed by atoms with Gasteiger partial charge in [0.05, 0.1) is 18.4 Å². The van der Waals surface area contributed by atoms with E-state index in [4.69, 9.17) is 4.74 Å². The van der Waals surface area contributed by atoms with E-state index in [0.29, 0.717) is 6.61 Å². The molecular weight excluding hydrogens is 238 g/mol. The molecule has 2 unspecified atom stereocenters. The standard InChI is InChI=1S/C15H19N3O/c1-2-7-17-15-12-5-3-4-6-14(12)19-10-13(15)18-9-8-16-11-18/h3-6,8-9,11,13,15,17H,2,7,10H2,1H3. The molecule has 1 aromatic carbocycles. The van der Waals surface area contributed by atoms with Crippen molar-refractivity contribution in [2.45, 2.75) is 25.4 Å². The maximum atomic E-state index is 5.88. The molecule has 0 amide bonds.